The van der Waals surface area contributed by atoms with Gasteiger partial charge in [0.25, 0.3) is 0 Å². The molecule has 3 rings (SSSR count). The number of hydrogen-bond donors (Lipinski definition) is 0. The molecule has 168 valence electrons. The molecule has 0 bridgehead atoms. The van der Waals surface area contributed by atoms with Crippen LogP contribution in [0.1, 0.15) is 36.1 Å². The first-order chi connectivity index (χ1) is 14.3. The number of aryl methyl sites for hydroxylation is 2. The molecule has 2 aromatic carbocycles. The van der Waals surface area contributed by atoms with Crippen molar-refractivity contribution in [1.29, 1.82) is 0 Å². The maximum atomic E-state index is 8.49. The van der Waals surface area contributed by atoms with Crippen LogP contribution in [-0.2, 0) is 5.41 Å². The number of hydrogen-bond acceptors (Lipinski definition) is 6. The molecule has 0 unspecified atom stereocenters. The summed E-state index contributed by atoms with van der Waals surface area (Å²) in [4.78, 5) is 0. The molecule has 0 spiro atoms. The first-order valence-corrected chi connectivity index (χ1v) is 10.8. The Morgan fingerprint density at radius 3 is 2.03 bits per heavy atom. The van der Waals surface area contributed by atoms with Gasteiger partial charge in [-0.2, -0.15) is 4.58 Å². The van der Waals surface area contributed by atoms with Gasteiger partial charge in [-0.3, -0.25) is 0 Å². The summed E-state index contributed by atoms with van der Waals surface area (Å²) in [6.45, 7) is 8.96. The monoisotopic (exact) mass is 449 g/mol. The standard InChI is InChI=1S/C23H28NO2.ClHO4/c1-15-12-16(2)22-18(13-15)24(5)21(23(22,3)4)11-9-17-8-10-19(25-6)20(14-17)26-7;2-1(3,4)5/h8-14H,1-7H3;(H,2,3,4,5)/q+1;/p-1/b11-9+;. The van der Waals surface area contributed by atoms with Crippen molar-refractivity contribution >= 4 is 17.5 Å². The molecule has 1 aliphatic rings. The maximum absolute atomic E-state index is 8.49. The van der Waals surface area contributed by atoms with Crippen LogP contribution in [0.5, 0.6) is 11.5 Å². The van der Waals surface area contributed by atoms with Crippen molar-refractivity contribution in [2.75, 3.05) is 21.3 Å². The molecule has 0 saturated carbocycles. The van der Waals surface area contributed by atoms with Gasteiger partial charge in [0.1, 0.15) is 7.05 Å². The highest BCUT2D eigenvalue weighted by Gasteiger charge is 2.44. The van der Waals surface area contributed by atoms with E-state index in [1.807, 2.05) is 18.2 Å². The minimum absolute atomic E-state index is 0.0328. The van der Waals surface area contributed by atoms with E-state index < -0.39 is 10.2 Å². The van der Waals surface area contributed by atoms with Crippen molar-refractivity contribution in [2.45, 2.75) is 33.1 Å². The first-order valence-electron chi connectivity index (χ1n) is 9.54. The second kappa shape index (κ2) is 9.38. The summed E-state index contributed by atoms with van der Waals surface area (Å²) in [7, 11) is 0.525. The second-order valence-electron chi connectivity index (χ2n) is 7.87. The Kier molecular flexibility index (Phi) is 7.52. The highest BCUT2D eigenvalue weighted by Crippen LogP contribution is 2.42. The van der Waals surface area contributed by atoms with Crippen molar-refractivity contribution in [3.05, 3.63) is 58.7 Å². The maximum Gasteiger partial charge on any atom is 0.210 e. The van der Waals surface area contributed by atoms with Crippen LogP contribution in [0.25, 0.3) is 6.08 Å². The van der Waals surface area contributed by atoms with Crippen molar-refractivity contribution in [1.82, 2.24) is 0 Å². The van der Waals surface area contributed by atoms with Crippen molar-refractivity contribution < 1.29 is 42.9 Å². The van der Waals surface area contributed by atoms with Gasteiger partial charge in [-0.25, -0.2) is 18.6 Å². The average molecular weight is 450 g/mol. The third kappa shape index (κ3) is 5.84. The Morgan fingerprint density at radius 1 is 0.903 bits per heavy atom. The molecular weight excluding hydrogens is 422 g/mol. The van der Waals surface area contributed by atoms with Gasteiger partial charge in [-0.1, -0.05) is 12.1 Å². The summed E-state index contributed by atoms with van der Waals surface area (Å²) in [6, 6.07) is 10.5. The Balaban J connectivity index is 0.000000614. The Bertz CT molecular complexity index is 1020. The number of methoxy groups -OCH3 is 2. The number of ether oxygens (including phenoxy) is 2. The number of allylic oxidation sites excluding steroid dienone is 1. The Morgan fingerprint density at radius 2 is 1.48 bits per heavy atom. The lowest BCUT2D eigenvalue weighted by Crippen LogP contribution is -2.68. The molecule has 8 heteroatoms. The second-order valence-corrected chi connectivity index (χ2v) is 8.63. The van der Waals surface area contributed by atoms with Gasteiger partial charge in [0.05, 0.1) is 19.6 Å². The van der Waals surface area contributed by atoms with Crippen LogP contribution in [0.4, 0.5) is 5.69 Å². The third-order valence-electron chi connectivity index (χ3n) is 5.29. The van der Waals surface area contributed by atoms with Crippen LogP contribution in [0, 0.1) is 24.1 Å². The molecule has 31 heavy (non-hydrogen) atoms. The van der Waals surface area contributed by atoms with Gasteiger partial charge in [-0.15, -0.1) is 10.2 Å². The third-order valence-corrected chi connectivity index (χ3v) is 5.29. The number of benzene rings is 2. The molecule has 0 radical (unpaired) electrons. The molecule has 0 aromatic heterocycles. The quantitative estimate of drug-likeness (QED) is 0.619. The molecule has 2 aromatic rings. The fourth-order valence-corrected chi connectivity index (χ4v) is 4.15. The lowest BCUT2D eigenvalue weighted by molar-refractivity contribution is -2.00. The van der Waals surface area contributed by atoms with Gasteiger partial charge in [0.2, 0.25) is 5.69 Å². The van der Waals surface area contributed by atoms with Gasteiger partial charge >= 0.3 is 0 Å². The normalized spacial score (nSPS) is 14.9. The van der Waals surface area contributed by atoms with Crippen LogP contribution >= 0.6 is 0 Å². The van der Waals surface area contributed by atoms with Gasteiger partial charge in [-0.05, 0) is 62.6 Å². The summed E-state index contributed by atoms with van der Waals surface area (Å²) < 4.78 is 47.0. The zero-order valence-corrected chi connectivity index (χ0v) is 19.6. The van der Waals surface area contributed by atoms with E-state index in [0.29, 0.717) is 0 Å². The molecule has 0 amide bonds. The minimum Gasteiger partial charge on any atom is -0.493 e. The lowest BCUT2D eigenvalue weighted by Gasteiger charge is -2.18. The number of rotatable bonds is 4. The average Bonchev–Trinajstić information content (AvgIpc) is 2.84. The Labute approximate surface area is 185 Å². The van der Waals surface area contributed by atoms with Crippen molar-refractivity contribution in [3.63, 3.8) is 0 Å². The highest BCUT2D eigenvalue weighted by atomic mass is 35.7. The van der Waals surface area contributed by atoms with E-state index in [2.05, 4.69) is 63.6 Å². The van der Waals surface area contributed by atoms with Crippen LogP contribution < -0.4 is 28.1 Å². The topological polar surface area (TPSA) is 114 Å². The SMILES string of the molecule is COc1ccc(/C=C/C2=[N+](C)c3cc(C)cc(C)c3C2(C)C)cc1OC.[O-][Cl+3]([O-])([O-])[O-]. The van der Waals surface area contributed by atoms with E-state index in [4.69, 9.17) is 28.1 Å². The zero-order chi connectivity index (χ0) is 23.6. The summed E-state index contributed by atoms with van der Waals surface area (Å²) in [5.74, 6) is 1.49. The smallest absolute Gasteiger partial charge is 0.210 e. The summed E-state index contributed by atoms with van der Waals surface area (Å²) in [5.41, 5.74) is 7.71. The van der Waals surface area contributed by atoms with Crippen LogP contribution in [-0.4, -0.2) is 31.6 Å². The van der Waals surface area contributed by atoms with Crippen LogP contribution in [0.15, 0.2) is 36.4 Å². The number of halogens is 1. The van der Waals surface area contributed by atoms with Gasteiger partial charge < -0.3 is 9.47 Å². The van der Waals surface area contributed by atoms with Gasteiger partial charge in [0, 0.05) is 17.7 Å². The van der Waals surface area contributed by atoms with E-state index >= 15 is 0 Å². The lowest BCUT2D eigenvalue weighted by atomic mass is 9.79. The summed E-state index contributed by atoms with van der Waals surface area (Å²) in [6.07, 6.45) is 4.36. The number of nitrogens with zero attached hydrogens (tertiary/aromatic N) is 1. The molecular formula is C23H28ClNO6. The molecule has 0 atom stereocenters. The van der Waals surface area contributed by atoms with Crippen molar-refractivity contribution in [2.24, 2.45) is 0 Å². The van der Waals surface area contributed by atoms with Crippen molar-refractivity contribution in [3.8, 4) is 11.5 Å². The summed E-state index contributed by atoms with van der Waals surface area (Å²) in [5, 5.41) is 0. The predicted octanol–water partition coefficient (Wildman–Crippen LogP) is 0.284. The van der Waals surface area contributed by atoms with E-state index in [1.54, 1.807) is 14.2 Å². The molecule has 1 heterocycles. The fraction of sp³-hybridized carbons (Fsp3) is 0.348. The molecule has 0 saturated heterocycles. The Hall–Kier alpha value is -2.42. The van der Waals surface area contributed by atoms with E-state index in [9.17, 15) is 0 Å². The largest absolute Gasteiger partial charge is 0.493 e. The van der Waals surface area contributed by atoms with Crippen LogP contribution in [0.2, 0.25) is 0 Å². The predicted molar refractivity (Wildman–Crippen MR) is 108 cm³/mol. The molecule has 0 N–H and O–H groups in total. The van der Waals surface area contributed by atoms with Gasteiger partial charge in [0.15, 0.2) is 17.2 Å². The van der Waals surface area contributed by atoms with E-state index in [1.165, 1.54) is 28.1 Å². The first kappa shape index (κ1) is 24.8. The molecule has 0 aliphatic carbocycles. The van der Waals surface area contributed by atoms with E-state index in [-0.39, 0.29) is 5.41 Å². The van der Waals surface area contributed by atoms with E-state index in [0.717, 1.165) is 17.1 Å². The molecule has 0 fully saturated rings. The number of fused-ring (bicyclic) bond motifs is 1. The summed E-state index contributed by atoms with van der Waals surface area (Å²) >= 11 is 0. The molecule has 1 aliphatic heterocycles. The zero-order valence-electron chi connectivity index (χ0n) is 18.8. The minimum atomic E-state index is -4.94. The highest BCUT2D eigenvalue weighted by molar-refractivity contribution is 6.05. The fourth-order valence-electron chi connectivity index (χ4n) is 4.15. The van der Waals surface area contributed by atoms with Crippen LogP contribution in [0.3, 0.4) is 0 Å². The molecule has 7 nitrogen and oxygen atoms in total.